The average Bonchev–Trinajstić information content (AvgIpc) is 2.73. The minimum absolute atomic E-state index is 0.0686. The molecule has 4 saturated heterocycles. The Balaban J connectivity index is 1.24. The molecule has 0 saturated carbocycles. The van der Waals surface area contributed by atoms with Crippen LogP contribution in [0, 0.1) is 5.41 Å². The number of nitrogens with zero attached hydrogens (tertiary/aromatic N) is 2. The average molecular weight is 535 g/mol. The lowest BCUT2D eigenvalue weighted by Gasteiger charge is -2.54. The van der Waals surface area contributed by atoms with E-state index in [1.807, 2.05) is 0 Å². The van der Waals surface area contributed by atoms with Gasteiger partial charge in [-0.2, -0.15) is 0 Å². The van der Waals surface area contributed by atoms with Crippen molar-refractivity contribution in [2.24, 2.45) is 5.41 Å². The fourth-order valence-corrected chi connectivity index (χ4v) is 8.85. The van der Waals surface area contributed by atoms with Gasteiger partial charge in [0.25, 0.3) is 0 Å². The molecule has 4 aliphatic heterocycles. The first-order valence-corrected chi connectivity index (χ1v) is 15.2. The van der Waals surface area contributed by atoms with Gasteiger partial charge >= 0.3 is 17.2 Å². The zero-order chi connectivity index (χ0) is 25.9. The normalized spacial score (nSPS) is 38.6. The van der Waals surface area contributed by atoms with E-state index in [0.29, 0.717) is 26.4 Å². The van der Waals surface area contributed by atoms with Gasteiger partial charge in [0.2, 0.25) is 0 Å². The van der Waals surface area contributed by atoms with E-state index >= 15 is 0 Å². The SMILES string of the molecule is CN1C(C)(C)CC(OP2OCC3(CO2)COP(OC2CC(C)(C)N(C)C(C)(C)C2)OC3)CC1(C)C. The van der Waals surface area contributed by atoms with Crippen molar-refractivity contribution in [2.45, 2.75) is 115 Å². The second kappa shape index (κ2) is 9.93. The quantitative estimate of drug-likeness (QED) is 0.416. The molecular formula is C25H48N2O6P2. The van der Waals surface area contributed by atoms with Gasteiger partial charge in [-0.25, -0.2) is 0 Å². The summed E-state index contributed by atoms with van der Waals surface area (Å²) in [7, 11) is 1.70. The van der Waals surface area contributed by atoms with E-state index in [1.165, 1.54) is 0 Å². The highest BCUT2D eigenvalue weighted by atomic mass is 31.2. The summed E-state index contributed by atoms with van der Waals surface area (Å²) >= 11 is 0. The molecule has 4 rings (SSSR count). The van der Waals surface area contributed by atoms with Crippen LogP contribution in [0.3, 0.4) is 0 Å². The molecule has 0 aromatic carbocycles. The third-order valence-electron chi connectivity index (χ3n) is 8.92. The van der Waals surface area contributed by atoms with E-state index in [1.54, 1.807) is 0 Å². The largest absolute Gasteiger partial charge is 0.332 e. The van der Waals surface area contributed by atoms with Crippen molar-refractivity contribution in [2.75, 3.05) is 40.5 Å². The van der Waals surface area contributed by atoms with Crippen LogP contribution < -0.4 is 0 Å². The molecular weight excluding hydrogens is 486 g/mol. The molecule has 0 bridgehead atoms. The summed E-state index contributed by atoms with van der Waals surface area (Å²) in [4.78, 5) is 4.91. The van der Waals surface area contributed by atoms with Gasteiger partial charge < -0.3 is 27.1 Å². The molecule has 0 radical (unpaired) electrons. The second-order valence-corrected chi connectivity index (χ2v) is 16.0. The standard InChI is InChI=1S/C25H48N2O6P2/c1-21(2)11-19(12-22(3,4)26(21)9)32-34-28-15-25(16-29-34)17-30-35(31-18-25)33-20-13-23(5,6)27(10)24(7,8)14-20/h19-20H,11-18H2,1-10H3. The molecule has 0 atom stereocenters. The number of hydrogen-bond donors (Lipinski definition) is 0. The van der Waals surface area contributed by atoms with Gasteiger partial charge in [-0.05, 0) is 95.2 Å². The predicted molar refractivity (Wildman–Crippen MR) is 140 cm³/mol. The van der Waals surface area contributed by atoms with Gasteiger partial charge in [0.1, 0.15) is 0 Å². The third-order valence-corrected chi connectivity index (χ3v) is 11.2. The molecule has 204 valence electrons. The molecule has 4 aliphatic rings. The Morgan fingerprint density at radius 2 is 0.800 bits per heavy atom. The molecule has 4 heterocycles. The lowest BCUT2D eigenvalue weighted by molar-refractivity contribution is -0.102. The topological polar surface area (TPSA) is 61.9 Å². The summed E-state index contributed by atoms with van der Waals surface area (Å²) in [6.07, 6.45) is 4.09. The molecule has 35 heavy (non-hydrogen) atoms. The minimum Gasteiger partial charge on any atom is -0.311 e. The molecule has 0 aromatic heterocycles. The first kappa shape index (κ1) is 28.5. The highest BCUT2D eigenvalue weighted by Gasteiger charge is 2.49. The summed E-state index contributed by atoms with van der Waals surface area (Å²) in [6.45, 7) is 20.3. The maximum atomic E-state index is 6.34. The van der Waals surface area contributed by atoms with Crippen LogP contribution in [0.2, 0.25) is 0 Å². The van der Waals surface area contributed by atoms with Crippen molar-refractivity contribution >= 4 is 17.2 Å². The lowest BCUT2D eigenvalue weighted by atomic mass is 9.79. The Morgan fingerprint density at radius 1 is 0.543 bits per heavy atom. The van der Waals surface area contributed by atoms with Crippen LogP contribution in [-0.2, 0) is 27.1 Å². The molecule has 0 amide bonds. The van der Waals surface area contributed by atoms with Crippen molar-refractivity contribution in [1.29, 1.82) is 0 Å². The fourth-order valence-electron chi connectivity index (χ4n) is 6.16. The summed E-state index contributed by atoms with van der Waals surface area (Å²) < 4.78 is 37.1. The molecule has 10 heteroatoms. The van der Waals surface area contributed by atoms with Crippen LogP contribution in [-0.4, -0.2) is 84.7 Å². The second-order valence-electron chi connectivity index (χ2n) is 13.7. The van der Waals surface area contributed by atoms with Gasteiger partial charge in [0, 0.05) is 22.2 Å². The number of likely N-dealkylation sites (tertiary alicyclic amines) is 2. The van der Waals surface area contributed by atoms with E-state index < -0.39 is 17.2 Å². The van der Waals surface area contributed by atoms with Crippen LogP contribution >= 0.6 is 17.2 Å². The van der Waals surface area contributed by atoms with Crippen LogP contribution in [0.5, 0.6) is 0 Å². The van der Waals surface area contributed by atoms with Crippen molar-refractivity contribution in [3.63, 3.8) is 0 Å². The van der Waals surface area contributed by atoms with Gasteiger partial charge in [0.15, 0.2) is 0 Å². The molecule has 0 unspecified atom stereocenters. The number of hydrogen-bond acceptors (Lipinski definition) is 8. The maximum absolute atomic E-state index is 6.34. The van der Waals surface area contributed by atoms with E-state index in [2.05, 4.69) is 79.3 Å². The lowest BCUT2D eigenvalue weighted by Crippen LogP contribution is -2.60. The van der Waals surface area contributed by atoms with Crippen LogP contribution in [0.25, 0.3) is 0 Å². The van der Waals surface area contributed by atoms with E-state index in [9.17, 15) is 0 Å². The summed E-state index contributed by atoms with van der Waals surface area (Å²) in [6, 6.07) is 0. The van der Waals surface area contributed by atoms with Crippen molar-refractivity contribution in [1.82, 2.24) is 9.80 Å². The predicted octanol–water partition coefficient (Wildman–Crippen LogP) is 5.86. The van der Waals surface area contributed by atoms with E-state index in [0.717, 1.165) is 25.7 Å². The summed E-state index contributed by atoms with van der Waals surface area (Å²) in [5.74, 6) is 0. The van der Waals surface area contributed by atoms with E-state index in [-0.39, 0.29) is 39.8 Å². The molecule has 0 aromatic rings. The third kappa shape index (κ3) is 6.24. The Kier molecular flexibility index (Phi) is 8.10. The van der Waals surface area contributed by atoms with Gasteiger partial charge in [-0.3, -0.25) is 9.80 Å². The first-order valence-electron chi connectivity index (χ1n) is 13.0. The van der Waals surface area contributed by atoms with Crippen molar-refractivity contribution < 1.29 is 27.1 Å². The zero-order valence-electron chi connectivity index (χ0n) is 23.5. The van der Waals surface area contributed by atoms with Crippen LogP contribution in [0.15, 0.2) is 0 Å². The first-order chi connectivity index (χ1) is 16.0. The van der Waals surface area contributed by atoms with Crippen LogP contribution in [0.4, 0.5) is 0 Å². The smallest absolute Gasteiger partial charge is 0.311 e. The van der Waals surface area contributed by atoms with Crippen LogP contribution in [0.1, 0.15) is 81.1 Å². The van der Waals surface area contributed by atoms with Gasteiger partial charge in [-0.1, -0.05) is 0 Å². The maximum Gasteiger partial charge on any atom is 0.332 e. The highest BCUT2D eigenvalue weighted by Crippen LogP contribution is 2.56. The summed E-state index contributed by atoms with van der Waals surface area (Å²) in [5, 5.41) is 0. The molecule has 0 N–H and O–H groups in total. The highest BCUT2D eigenvalue weighted by molar-refractivity contribution is 7.42. The summed E-state index contributed by atoms with van der Waals surface area (Å²) in [5.41, 5.74) is -0.0162. The Morgan fingerprint density at radius 3 is 1.06 bits per heavy atom. The van der Waals surface area contributed by atoms with Crippen molar-refractivity contribution in [3.05, 3.63) is 0 Å². The fraction of sp³-hybridized carbons (Fsp3) is 1.00. The minimum atomic E-state index is -1.35. The Bertz CT molecular complexity index is 647. The molecule has 8 nitrogen and oxygen atoms in total. The molecule has 1 spiro atoms. The number of piperidine rings is 2. The monoisotopic (exact) mass is 534 g/mol. The molecule has 4 fully saturated rings. The van der Waals surface area contributed by atoms with E-state index in [4.69, 9.17) is 27.1 Å². The van der Waals surface area contributed by atoms with Gasteiger partial charge in [0.05, 0.1) is 44.1 Å². The molecule has 0 aliphatic carbocycles. The zero-order valence-corrected chi connectivity index (χ0v) is 25.3. The number of rotatable bonds is 4. The Labute approximate surface area is 215 Å². The van der Waals surface area contributed by atoms with Gasteiger partial charge in [-0.15, -0.1) is 0 Å². The van der Waals surface area contributed by atoms with Crippen molar-refractivity contribution in [3.8, 4) is 0 Å². The Hall–Kier alpha value is 0.540.